The summed E-state index contributed by atoms with van der Waals surface area (Å²) < 4.78 is 62.6. The van der Waals surface area contributed by atoms with Crippen LogP contribution >= 0.6 is 0 Å². The van der Waals surface area contributed by atoms with Crippen molar-refractivity contribution in [1.29, 1.82) is 0 Å². The number of imide groups is 1. The molecule has 58 heavy (non-hydrogen) atoms. The predicted molar refractivity (Wildman–Crippen MR) is 187 cm³/mol. The van der Waals surface area contributed by atoms with Crippen LogP contribution in [0.2, 0.25) is 0 Å². The lowest BCUT2D eigenvalue weighted by molar-refractivity contribution is -0.341. The van der Waals surface area contributed by atoms with E-state index in [0.717, 1.165) is 46.6 Å². The van der Waals surface area contributed by atoms with Crippen LogP contribution in [0.3, 0.4) is 0 Å². The van der Waals surface area contributed by atoms with Crippen LogP contribution in [0.1, 0.15) is 55.3 Å². The van der Waals surface area contributed by atoms with Crippen molar-refractivity contribution in [3.05, 3.63) is 59.7 Å². The Morgan fingerprint density at radius 2 is 1.12 bits per heavy atom. The molecule has 5 rings (SSSR count). The zero-order valence-corrected chi connectivity index (χ0v) is 32.3. The maximum absolute atomic E-state index is 14.2. The van der Waals surface area contributed by atoms with E-state index in [4.69, 9.17) is 52.1 Å². The highest BCUT2D eigenvalue weighted by Crippen LogP contribution is 2.39. The first kappa shape index (κ1) is 43.0. The molecule has 0 unspecified atom stereocenters. The van der Waals surface area contributed by atoms with E-state index in [1.165, 1.54) is 43.5 Å². The molecule has 3 aliphatic heterocycles. The summed E-state index contributed by atoms with van der Waals surface area (Å²) in [5.74, 6) is -6.96. The number of fused-ring (bicyclic) bond motifs is 1. The van der Waals surface area contributed by atoms with Gasteiger partial charge in [0.1, 0.15) is 36.4 Å². The number of rotatable bonds is 13. The summed E-state index contributed by atoms with van der Waals surface area (Å²) in [5, 5.41) is 0. The smallest absolute Gasteiger partial charge is 0.339 e. The van der Waals surface area contributed by atoms with Crippen molar-refractivity contribution in [3.8, 4) is 11.5 Å². The molecule has 2 aromatic rings. The lowest BCUT2D eigenvalue weighted by Crippen LogP contribution is -2.70. The van der Waals surface area contributed by atoms with Crippen molar-refractivity contribution in [2.75, 3.05) is 20.8 Å². The van der Waals surface area contributed by atoms with Gasteiger partial charge in [-0.05, 0) is 36.4 Å². The van der Waals surface area contributed by atoms with E-state index >= 15 is 0 Å². The van der Waals surface area contributed by atoms with E-state index in [0.29, 0.717) is 5.75 Å². The van der Waals surface area contributed by atoms with E-state index in [9.17, 15) is 38.4 Å². The van der Waals surface area contributed by atoms with Crippen molar-refractivity contribution >= 4 is 47.6 Å². The lowest BCUT2D eigenvalue weighted by Gasteiger charge is -2.50. The summed E-state index contributed by atoms with van der Waals surface area (Å²) in [6.07, 6.45) is -16.2. The first-order valence-corrected chi connectivity index (χ1v) is 17.7. The molecule has 0 N–H and O–H groups in total. The van der Waals surface area contributed by atoms with Crippen molar-refractivity contribution in [2.45, 2.75) is 96.0 Å². The van der Waals surface area contributed by atoms with Crippen LogP contribution in [-0.4, -0.2) is 135 Å². The van der Waals surface area contributed by atoms with Gasteiger partial charge in [-0.2, -0.15) is 0 Å². The SMILES string of the molecule is COC(=O)[C@H]1O[C@@H](O[C@H]2[C@H](OC(C)=O)[C@@H](COC(C)=O)O[C@@H](Oc3ccc(OC)cc3)[C@@H]2N2C(=O)c3ccccc3C2=O)[C@H](OC(C)=O)[C@@H](OC(C)=O)[C@@H]1OC(C)=O. The summed E-state index contributed by atoms with van der Waals surface area (Å²) in [7, 11) is 2.43. The highest BCUT2D eigenvalue weighted by atomic mass is 16.8. The number of carbonyl (C=O) groups excluding carboxylic acids is 8. The first-order valence-electron chi connectivity index (χ1n) is 17.7. The van der Waals surface area contributed by atoms with E-state index in [-0.39, 0.29) is 16.9 Å². The third-order valence-corrected chi connectivity index (χ3v) is 8.93. The van der Waals surface area contributed by atoms with Crippen molar-refractivity contribution in [3.63, 3.8) is 0 Å². The molecule has 20 nitrogen and oxygen atoms in total. The fourth-order valence-electron chi connectivity index (χ4n) is 6.69. The molecule has 3 aliphatic rings. The fourth-order valence-corrected chi connectivity index (χ4v) is 6.69. The van der Waals surface area contributed by atoms with E-state index in [2.05, 4.69) is 0 Å². The Kier molecular flexibility index (Phi) is 13.7. The first-order chi connectivity index (χ1) is 27.5. The molecule has 0 aliphatic carbocycles. The van der Waals surface area contributed by atoms with Crippen LogP contribution in [0.15, 0.2) is 48.5 Å². The van der Waals surface area contributed by atoms with Crippen molar-refractivity contribution in [1.82, 2.24) is 4.90 Å². The zero-order valence-electron chi connectivity index (χ0n) is 32.3. The Labute approximate surface area is 330 Å². The molecule has 2 saturated heterocycles. The zero-order chi connectivity index (χ0) is 42.4. The van der Waals surface area contributed by atoms with E-state index in [1.54, 1.807) is 12.1 Å². The number of benzene rings is 2. The van der Waals surface area contributed by atoms with Crippen LogP contribution < -0.4 is 9.47 Å². The van der Waals surface area contributed by atoms with Gasteiger partial charge in [0.15, 0.2) is 36.8 Å². The second-order valence-electron chi connectivity index (χ2n) is 13.0. The number of ether oxygens (including phenoxy) is 11. The van der Waals surface area contributed by atoms with Gasteiger partial charge in [-0.1, -0.05) is 12.1 Å². The molecule has 0 radical (unpaired) electrons. The third kappa shape index (κ3) is 9.52. The number of nitrogens with zero attached hydrogens (tertiary/aromatic N) is 1. The molecule has 2 amide bonds. The minimum atomic E-state index is -2.04. The van der Waals surface area contributed by atoms with Gasteiger partial charge >= 0.3 is 35.8 Å². The number of hydrogen-bond acceptors (Lipinski definition) is 19. The maximum Gasteiger partial charge on any atom is 0.339 e. The molecular weight excluding hydrogens is 774 g/mol. The molecule has 2 aromatic carbocycles. The predicted octanol–water partition coefficient (Wildman–Crippen LogP) is 1.04. The normalized spacial score (nSPS) is 27.7. The average molecular weight is 816 g/mol. The minimum absolute atomic E-state index is 0.0165. The Hall–Kier alpha value is -6.12. The van der Waals surface area contributed by atoms with Crippen LogP contribution in [0.4, 0.5) is 0 Å². The topological polar surface area (TPSA) is 241 Å². The summed E-state index contributed by atoms with van der Waals surface area (Å²) in [6.45, 7) is 4.49. The Balaban J connectivity index is 1.72. The Bertz CT molecular complexity index is 1880. The van der Waals surface area contributed by atoms with Crippen molar-refractivity contribution in [2.24, 2.45) is 0 Å². The number of amides is 2. The maximum atomic E-state index is 14.2. The van der Waals surface area contributed by atoms with Crippen LogP contribution in [0, 0.1) is 0 Å². The van der Waals surface area contributed by atoms with E-state index in [1.807, 2.05) is 0 Å². The largest absolute Gasteiger partial charge is 0.497 e. The quantitative estimate of drug-likeness (QED) is 0.156. The second-order valence-corrected chi connectivity index (χ2v) is 13.0. The monoisotopic (exact) mass is 815 g/mol. The van der Waals surface area contributed by atoms with Crippen LogP contribution in [0.5, 0.6) is 11.5 Å². The Morgan fingerprint density at radius 3 is 1.64 bits per heavy atom. The van der Waals surface area contributed by atoms with Crippen molar-refractivity contribution < 1.29 is 90.5 Å². The summed E-state index contributed by atoms with van der Waals surface area (Å²) in [6, 6.07) is 10.2. The highest BCUT2D eigenvalue weighted by molar-refractivity contribution is 6.21. The van der Waals surface area contributed by atoms with Gasteiger partial charge in [-0.3, -0.25) is 38.5 Å². The van der Waals surface area contributed by atoms with Gasteiger partial charge in [0.2, 0.25) is 6.29 Å². The van der Waals surface area contributed by atoms with Crippen LogP contribution in [0.25, 0.3) is 0 Å². The molecule has 0 aromatic heterocycles. The molecule has 10 atom stereocenters. The van der Waals surface area contributed by atoms with Gasteiger partial charge in [0.05, 0.1) is 25.3 Å². The van der Waals surface area contributed by atoms with Gasteiger partial charge in [-0.25, -0.2) is 4.79 Å². The highest BCUT2D eigenvalue weighted by Gasteiger charge is 2.61. The fraction of sp³-hybridized carbons (Fsp3) is 0.474. The van der Waals surface area contributed by atoms with Gasteiger partial charge in [-0.15, -0.1) is 0 Å². The summed E-state index contributed by atoms with van der Waals surface area (Å²) in [5.41, 5.74) is -0.0331. The second kappa shape index (κ2) is 18.4. The molecule has 0 bridgehead atoms. The minimum Gasteiger partial charge on any atom is -0.497 e. The third-order valence-electron chi connectivity index (χ3n) is 8.93. The number of methoxy groups -OCH3 is 2. The molecule has 0 spiro atoms. The molecular formula is C38H41NO19. The average Bonchev–Trinajstić information content (AvgIpc) is 3.41. The summed E-state index contributed by atoms with van der Waals surface area (Å²) >= 11 is 0. The molecule has 312 valence electrons. The van der Waals surface area contributed by atoms with Gasteiger partial charge in [0.25, 0.3) is 11.8 Å². The Morgan fingerprint density at radius 1 is 0.603 bits per heavy atom. The molecule has 0 saturated carbocycles. The van der Waals surface area contributed by atoms with Gasteiger partial charge < -0.3 is 52.1 Å². The van der Waals surface area contributed by atoms with E-state index < -0.39 is 116 Å². The molecule has 2 fully saturated rings. The molecule has 20 heteroatoms. The standard InChI is InChI=1S/C38H41NO19/c1-17(40)50-16-26-28(51-18(2)41)29(57-38-33(54-21(5)44)31(53-20(4)43)30(52-19(3)42)32(58-38)36(47)49-7)27(37(56-26)55-23-14-12-22(48-6)13-15-23)39-34(45)24-10-8-9-11-25(24)35(39)46/h8-15,26-33,37-38H,16H2,1-7H3/t26-,27-,28-,29-,30+,31+,32+,33-,37-,38-/m1/s1. The summed E-state index contributed by atoms with van der Waals surface area (Å²) in [4.78, 5) is 105. The number of carbonyl (C=O) groups is 8. The number of hydrogen-bond donors (Lipinski definition) is 0. The lowest BCUT2D eigenvalue weighted by atomic mass is 9.93. The molecule has 3 heterocycles. The number of esters is 6. The van der Waals surface area contributed by atoms with Gasteiger partial charge in [0, 0.05) is 34.6 Å². The van der Waals surface area contributed by atoms with Crippen LogP contribution in [-0.2, 0) is 71.4 Å².